The summed E-state index contributed by atoms with van der Waals surface area (Å²) in [6.45, 7) is 0. The van der Waals surface area contributed by atoms with E-state index < -0.39 is 5.92 Å². The highest BCUT2D eigenvalue weighted by Crippen LogP contribution is 2.24. The van der Waals surface area contributed by atoms with Gasteiger partial charge in [0.05, 0.1) is 23.6 Å². The van der Waals surface area contributed by atoms with Crippen LogP contribution in [-0.2, 0) is 0 Å². The SMILES string of the molecule is N#CC(C(=O)c1ccoc1Br)c1ccccn1. The van der Waals surface area contributed by atoms with Gasteiger partial charge >= 0.3 is 0 Å². The minimum atomic E-state index is -0.912. The van der Waals surface area contributed by atoms with Gasteiger partial charge in [-0.25, -0.2) is 0 Å². The van der Waals surface area contributed by atoms with Crippen molar-refractivity contribution in [3.8, 4) is 6.07 Å². The molecule has 4 nitrogen and oxygen atoms in total. The molecule has 0 aliphatic rings. The van der Waals surface area contributed by atoms with Crippen molar-refractivity contribution in [1.82, 2.24) is 4.98 Å². The molecule has 2 rings (SSSR count). The number of carbonyl (C=O) groups excluding carboxylic acids is 1. The molecule has 0 fully saturated rings. The Labute approximate surface area is 106 Å². The molecular weight excluding hydrogens is 284 g/mol. The number of furan rings is 1. The monoisotopic (exact) mass is 290 g/mol. The van der Waals surface area contributed by atoms with Gasteiger partial charge in [-0.05, 0) is 34.1 Å². The first-order valence-corrected chi connectivity index (χ1v) is 5.61. The van der Waals surface area contributed by atoms with Gasteiger partial charge in [0.2, 0.25) is 0 Å². The minimum absolute atomic E-state index is 0.327. The number of carbonyl (C=O) groups is 1. The zero-order valence-electron chi connectivity index (χ0n) is 8.63. The van der Waals surface area contributed by atoms with E-state index in [1.165, 1.54) is 12.3 Å². The van der Waals surface area contributed by atoms with Crippen LogP contribution in [0.25, 0.3) is 0 Å². The second-order valence-corrected chi connectivity index (χ2v) is 4.01. The third-order valence-corrected chi connectivity index (χ3v) is 2.87. The second kappa shape index (κ2) is 4.93. The molecule has 2 aromatic rings. The number of Topliss-reactive ketones (excluding diaryl/α,β-unsaturated/α-hetero) is 1. The average molecular weight is 291 g/mol. The summed E-state index contributed by atoms with van der Waals surface area (Å²) in [6.07, 6.45) is 2.95. The van der Waals surface area contributed by atoms with E-state index in [1.54, 1.807) is 24.4 Å². The van der Waals surface area contributed by atoms with Crippen molar-refractivity contribution in [1.29, 1.82) is 5.26 Å². The molecule has 1 unspecified atom stereocenters. The van der Waals surface area contributed by atoms with Crippen molar-refractivity contribution < 1.29 is 9.21 Å². The molecule has 1 atom stereocenters. The summed E-state index contributed by atoms with van der Waals surface area (Å²) in [4.78, 5) is 16.1. The molecule has 0 radical (unpaired) electrons. The Morgan fingerprint density at radius 2 is 2.29 bits per heavy atom. The summed E-state index contributed by atoms with van der Waals surface area (Å²) in [5, 5.41) is 9.08. The molecule has 5 heteroatoms. The van der Waals surface area contributed by atoms with Crippen molar-refractivity contribution in [2.75, 3.05) is 0 Å². The maximum absolute atomic E-state index is 12.1. The predicted molar refractivity (Wildman–Crippen MR) is 63.3 cm³/mol. The molecule has 0 N–H and O–H groups in total. The highest BCUT2D eigenvalue weighted by molar-refractivity contribution is 9.10. The molecule has 0 saturated heterocycles. The third-order valence-electron chi connectivity index (χ3n) is 2.26. The van der Waals surface area contributed by atoms with Crippen LogP contribution in [0.5, 0.6) is 0 Å². The van der Waals surface area contributed by atoms with Gasteiger partial charge in [-0.15, -0.1) is 0 Å². The quantitative estimate of drug-likeness (QED) is 0.815. The lowest BCUT2D eigenvalue weighted by atomic mass is 9.97. The van der Waals surface area contributed by atoms with Crippen molar-refractivity contribution in [2.24, 2.45) is 0 Å². The molecular formula is C12H7BrN2O2. The van der Waals surface area contributed by atoms with Crippen LogP contribution in [0.1, 0.15) is 22.0 Å². The molecule has 2 heterocycles. The standard InChI is InChI=1S/C12H7BrN2O2/c13-12-8(4-6-17-12)11(16)9(7-14)10-3-1-2-5-15-10/h1-6,9H. The fraction of sp³-hybridized carbons (Fsp3) is 0.0833. The average Bonchev–Trinajstić information content (AvgIpc) is 2.77. The number of ketones is 1. The third kappa shape index (κ3) is 2.27. The van der Waals surface area contributed by atoms with Gasteiger partial charge in [-0.2, -0.15) is 5.26 Å². The van der Waals surface area contributed by atoms with Crippen molar-refractivity contribution in [3.05, 3.63) is 52.7 Å². The van der Waals surface area contributed by atoms with Crippen LogP contribution in [0.15, 0.2) is 45.8 Å². The van der Waals surface area contributed by atoms with Gasteiger partial charge in [0, 0.05) is 6.20 Å². The number of rotatable bonds is 3. The fourth-order valence-corrected chi connectivity index (χ4v) is 1.87. The van der Waals surface area contributed by atoms with E-state index in [0.29, 0.717) is 15.9 Å². The lowest BCUT2D eigenvalue weighted by Crippen LogP contribution is -2.12. The van der Waals surface area contributed by atoms with E-state index in [4.69, 9.17) is 9.68 Å². The van der Waals surface area contributed by atoms with Gasteiger partial charge in [-0.3, -0.25) is 9.78 Å². The summed E-state index contributed by atoms with van der Waals surface area (Å²) < 4.78 is 5.31. The van der Waals surface area contributed by atoms with E-state index in [1.807, 2.05) is 6.07 Å². The largest absolute Gasteiger partial charge is 0.457 e. The van der Waals surface area contributed by atoms with Gasteiger partial charge in [0.25, 0.3) is 0 Å². The topological polar surface area (TPSA) is 66.9 Å². The summed E-state index contributed by atoms with van der Waals surface area (Å²) >= 11 is 3.12. The number of hydrogen-bond acceptors (Lipinski definition) is 4. The summed E-state index contributed by atoms with van der Waals surface area (Å²) in [5.74, 6) is -1.24. The first-order chi connectivity index (χ1) is 8.24. The van der Waals surface area contributed by atoms with Crippen LogP contribution in [0.3, 0.4) is 0 Å². The van der Waals surface area contributed by atoms with Crippen LogP contribution >= 0.6 is 15.9 Å². The molecule has 0 aromatic carbocycles. The number of nitrogens with zero attached hydrogens (tertiary/aromatic N) is 2. The first kappa shape index (κ1) is 11.6. The van der Waals surface area contributed by atoms with Crippen LogP contribution in [0.4, 0.5) is 0 Å². The van der Waals surface area contributed by atoms with E-state index in [0.717, 1.165) is 0 Å². The second-order valence-electron chi connectivity index (χ2n) is 3.29. The Balaban J connectivity index is 2.36. The lowest BCUT2D eigenvalue weighted by Gasteiger charge is -2.05. The summed E-state index contributed by atoms with van der Waals surface area (Å²) in [7, 11) is 0. The molecule has 0 spiro atoms. The normalized spacial score (nSPS) is 11.8. The Hall–Kier alpha value is -1.93. The Kier molecular flexibility index (Phi) is 3.35. The van der Waals surface area contributed by atoms with E-state index in [-0.39, 0.29) is 5.78 Å². The van der Waals surface area contributed by atoms with E-state index in [9.17, 15) is 4.79 Å². The molecule has 17 heavy (non-hydrogen) atoms. The van der Waals surface area contributed by atoms with Gasteiger partial charge in [0.1, 0.15) is 0 Å². The molecule has 2 aromatic heterocycles. The van der Waals surface area contributed by atoms with Crippen molar-refractivity contribution in [2.45, 2.75) is 5.92 Å². The molecule has 0 aliphatic heterocycles. The number of nitriles is 1. The molecule has 84 valence electrons. The zero-order chi connectivity index (χ0) is 12.3. The highest BCUT2D eigenvalue weighted by Gasteiger charge is 2.25. The molecule has 0 saturated carbocycles. The Bertz CT molecular complexity index is 572. The van der Waals surface area contributed by atoms with Crippen LogP contribution in [0.2, 0.25) is 0 Å². The minimum Gasteiger partial charge on any atom is -0.457 e. The van der Waals surface area contributed by atoms with E-state index in [2.05, 4.69) is 20.9 Å². The summed E-state index contributed by atoms with van der Waals surface area (Å²) in [5.41, 5.74) is 0.787. The fourth-order valence-electron chi connectivity index (χ4n) is 1.43. The number of aromatic nitrogens is 1. The Morgan fingerprint density at radius 3 is 2.82 bits per heavy atom. The maximum Gasteiger partial charge on any atom is 0.190 e. The number of hydrogen-bond donors (Lipinski definition) is 0. The first-order valence-electron chi connectivity index (χ1n) is 4.82. The maximum atomic E-state index is 12.1. The Morgan fingerprint density at radius 1 is 1.47 bits per heavy atom. The highest BCUT2D eigenvalue weighted by atomic mass is 79.9. The van der Waals surface area contributed by atoms with Crippen LogP contribution in [0, 0.1) is 11.3 Å². The zero-order valence-corrected chi connectivity index (χ0v) is 10.2. The van der Waals surface area contributed by atoms with Gasteiger partial charge in [-0.1, -0.05) is 6.07 Å². The number of halogens is 1. The summed E-state index contributed by atoms with van der Waals surface area (Å²) in [6, 6.07) is 8.61. The molecule has 0 amide bonds. The lowest BCUT2D eigenvalue weighted by molar-refractivity contribution is 0.0976. The van der Waals surface area contributed by atoms with Crippen LogP contribution < -0.4 is 0 Å². The predicted octanol–water partition coefficient (Wildman–Crippen LogP) is 2.93. The number of pyridine rings is 1. The van der Waals surface area contributed by atoms with Gasteiger partial charge in [0.15, 0.2) is 16.4 Å². The van der Waals surface area contributed by atoms with Gasteiger partial charge < -0.3 is 4.42 Å². The van der Waals surface area contributed by atoms with Crippen molar-refractivity contribution in [3.63, 3.8) is 0 Å². The van der Waals surface area contributed by atoms with E-state index >= 15 is 0 Å². The molecule has 0 aliphatic carbocycles. The smallest absolute Gasteiger partial charge is 0.190 e. The molecule has 0 bridgehead atoms. The van der Waals surface area contributed by atoms with Crippen LogP contribution in [-0.4, -0.2) is 10.8 Å². The van der Waals surface area contributed by atoms with Crippen molar-refractivity contribution >= 4 is 21.7 Å².